The van der Waals surface area contributed by atoms with Crippen LogP contribution in [-0.2, 0) is 0 Å². The number of halogens is 1. The van der Waals surface area contributed by atoms with Crippen molar-refractivity contribution in [3.8, 4) is 0 Å². The highest BCUT2D eigenvalue weighted by molar-refractivity contribution is 6.11. The largest absolute Gasteiger partial charge is 0.304 e. The highest BCUT2D eigenvalue weighted by Crippen LogP contribution is 2.07. The average Bonchev–Trinajstić information content (AvgIpc) is 1.59. The number of hydrogen-bond donors (Lipinski definition) is 0. The molecule has 0 saturated heterocycles. The highest BCUT2D eigenvalue weighted by atomic mass is 35.5. The summed E-state index contributed by atoms with van der Waals surface area (Å²) in [6, 6.07) is 1.33. The van der Waals surface area contributed by atoms with Crippen LogP contribution < -0.4 is 0 Å². The van der Waals surface area contributed by atoms with Crippen molar-refractivity contribution in [3.05, 3.63) is 0 Å². The summed E-state index contributed by atoms with van der Waals surface area (Å²) < 4.78 is 0. The first-order valence-corrected chi connectivity index (χ1v) is 4.24. The molecule has 0 aliphatic carbocycles. The van der Waals surface area contributed by atoms with Crippen molar-refractivity contribution < 1.29 is 0 Å². The third-order valence-electron chi connectivity index (χ3n) is 1.79. The Hall–Kier alpha value is 0.315. The Morgan fingerprint density at radius 2 is 1.18 bits per heavy atom. The van der Waals surface area contributed by atoms with Crippen LogP contribution in [0.4, 0.5) is 0 Å². The van der Waals surface area contributed by atoms with Crippen molar-refractivity contribution in [3.63, 3.8) is 0 Å². The molecule has 0 radical (unpaired) electrons. The second-order valence-corrected chi connectivity index (χ2v) is 3.73. The molecule has 0 bridgehead atoms. The van der Waals surface area contributed by atoms with Crippen molar-refractivity contribution in [1.82, 2.24) is 4.90 Å². The second kappa shape index (κ2) is 5.90. The van der Waals surface area contributed by atoms with Gasteiger partial charge in [0, 0.05) is 12.1 Å². The smallest absolute Gasteiger partial charge is 0.123 e. The minimum atomic E-state index is 0. The summed E-state index contributed by atoms with van der Waals surface area (Å²) >= 11 is 0. The zero-order chi connectivity index (χ0) is 8.31. The molecule has 0 spiro atoms. The molecule has 0 saturated carbocycles. The van der Waals surface area contributed by atoms with Crippen molar-refractivity contribution >= 4 is 20.3 Å². The summed E-state index contributed by atoms with van der Waals surface area (Å²) in [5.41, 5.74) is 0. The van der Waals surface area contributed by atoms with Crippen LogP contribution in [0.3, 0.4) is 0 Å². The molecule has 1 nitrogen and oxygen atoms in total. The Morgan fingerprint density at radius 1 is 0.909 bits per heavy atom. The standard InChI is InChI=1S/C8H20BN.ClH/c1-6(2)10(7(3)4)8(5)9;/h6-8H,9H2,1-5H3;1H. The van der Waals surface area contributed by atoms with E-state index < -0.39 is 0 Å². The lowest BCUT2D eigenvalue weighted by atomic mass is 9.94. The van der Waals surface area contributed by atoms with E-state index in [1.807, 2.05) is 0 Å². The summed E-state index contributed by atoms with van der Waals surface area (Å²) in [6.07, 6.45) is 0. The van der Waals surface area contributed by atoms with Crippen LogP contribution in [0.15, 0.2) is 0 Å². The molecule has 0 amide bonds. The SMILES string of the molecule is BC(C)N(C(C)C)C(C)C.Cl. The fraction of sp³-hybridized carbons (Fsp3) is 1.00. The van der Waals surface area contributed by atoms with E-state index in [9.17, 15) is 0 Å². The molecule has 11 heavy (non-hydrogen) atoms. The maximum atomic E-state index is 2.50. The average molecular weight is 178 g/mol. The number of hydrogen-bond acceptors (Lipinski definition) is 1. The van der Waals surface area contributed by atoms with Gasteiger partial charge in [-0.1, -0.05) is 6.92 Å². The molecule has 0 aromatic heterocycles. The van der Waals surface area contributed by atoms with E-state index in [0.717, 1.165) is 0 Å². The predicted molar refractivity (Wildman–Crippen MR) is 57.4 cm³/mol. The highest BCUT2D eigenvalue weighted by Gasteiger charge is 2.15. The molecule has 0 heterocycles. The fourth-order valence-corrected chi connectivity index (χ4v) is 1.79. The first kappa shape index (κ1) is 13.9. The quantitative estimate of drug-likeness (QED) is 0.591. The van der Waals surface area contributed by atoms with Crippen molar-refractivity contribution in [2.45, 2.75) is 52.6 Å². The maximum Gasteiger partial charge on any atom is 0.123 e. The Balaban J connectivity index is 0. The van der Waals surface area contributed by atoms with Gasteiger partial charge >= 0.3 is 0 Å². The lowest BCUT2D eigenvalue weighted by molar-refractivity contribution is 0.164. The number of nitrogens with zero attached hydrogens (tertiary/aromatic N) is 1. The van der Waals surface area contributed by atoms with Gasteiger partial charge < -0.3 is 4.90 Å². The van der Waals surface area contributed by atoms with Crippen LogP contribution in [0.25, 0.3) is 0 Å². The van der Waals surface area contributed by atoms with Crippen LogP contribution in [0.1, 0.15) is 34.6 Å². The minimum absolute atomic E-state index is 0. The van der Waals surface area contributed by atoms with E-state index in [1.54, 1.807) is 0 Å². The van der Waals surface area contributed by atoms with Crippen molar-refractivity contribution in [2.24, 2.45) is 0 Å². The van der Waals surface area contributed by atoms with Gasteiger partial charge in [-0.05, 0) is 33.6 Å². The topological polar surface area (TPSA) is 3.24 Å². The van der Waals surface area contributed by atoms with E-state index >= 15 is 0 Å². The second-order valence-electron chi connectivity index (χ2n) is 3.73. The van der Waals surface area contributed by atoms with E-state index in [0.29, 0.717) is 18.0 Å². The summed E-state index contributed by atoms with van der Waals surface area (Å²) in [4.78, 5) is 2.50. The number of rotatable bonds is 3. The molecular formula is C8H21BClN. The summed E-state index contributed by atoms with van der Waals surface area (Å²) in [5, 5.41) is 0. The molecule has 0 aliphatic heterocycles. The van der Waals surface area contributed by atoms with Gasteiger partial charge in [0.1, 0.15) is 7.85 Å². The van der Waals surface area contributed by atoms with Crippen LogP contribution in [0.5, 0.6) is 0 Å². The molecule has 0 aromatic rings. The Kier molecular flexibility index (Phi) is 7.44. The fourth-order valence-electron chi connectivity index (χ4n) is 1.79. The first-order valence-electron chi connectivity index (χ1n) is 4.24. The van der Waals surface area contributed by atoms with Crippen molar-refractivity contribution in [2.75, 3.05) is 0 Å². The van der Waals surface area contributed by atoms with Crippen LogP contribution in [0.2, 0.25) is 0 Å². The zero-order valence-corrected chi connectivity index (χ0v) is 9.40. The van der Waals surface area contributed by atoms with Gasteiger partial charge in [-0.25, -0.2) is 0 Å². The molecule has 1 atom stereocenters. The molecule has 3 heteroatoms. The van der Waals surface area contributed by atoms with Gasteiger partial charge in [-0.2, -0.15) is 0 Å². The third kappa shape index (κ3) is 4.70. The van der Waals surface area contributed by atoms with E-state index in [4.69, 9.17) is 0 Å². The third-order valence-corrected chi connectivity index (χ3v) is 1.79. The van der Waals surface area contributed by atoms with Crippen LogP contribution in [0, 0.1) is 0 Å². The van der Waals surface area contributed by atoms with Gasteiger partial charge in [0.2, 0.25) is 0 Å². The summed E-state index contributed by atoms with van der Waals surface area (Å²) in [5.74, 6) is 0.667. The monoisotopic (exact) mass is 177 g/mol. The van der Waals surface area contributed by atoms with Crippen molar-refractivity contribution in [1.29, 1.82) is 0 Å². The van der Waals surface area contributed by atoms with E-state index in [2.05, 4.69) is 47.4 Å². The normalized spacial score (nSPS) is 13.8. The van der Waals surface area contributed by atoms with E-state index in [-0.39, 0.29) is 12.4 Å². The summed E-state index contributed by atoms with van der Waals surface area (Å²) in [7, 11) is 2.25. The molecule has 0 rings (SSSR count). The Labute approximate surface area is 78.4 Å². The van der Waals surface area contributed by atoms with Gasteiger partial charge in [0.15, 0.2) is 0 Å². The zero-order valence-electron chi connectivity index (χ0n) is 8.59. The Bertz CT molecular complexity index is 75.1. The van der Waals surface area contributed by atoms with Gasteiger partial charge in [0.25, 0.3) is 0 Å². The lowest BCUT2D eigenvalue weighted by Gasteiger charge is -2.34. The van der Waals surface area contributed by atoms with E-state index in [1.165, 1.54) is 0 Å². The summed E-state index contributed by atoms with van der Waals surface area (Å²) in [6.45, 7) is 11.2. The first-order chi connectivity index (χ1) is 4.46. The molecule has 0 aliphatic rings. The van der Waals surface area contributed by atoms with Gasteiger partial charge in [-0.3, -0.25) is 0 Å². The molecule has 68 valence electrons. The lowest BCUT2D eigenvalue weighted by Crippen LogP contribution is -2.43. The maximum absolute atomic E-state index is 2.50. The molecule has 0 N–H and O–H groups in total. The van der Waals surface area contributed by atoms with Crippen LogP contribution >= 0.6 is 12.4 Å². The Morgan fingerprint density at radius 3 is 1.18 bits per heavy atom. The molecular weight excluding hydrogens is 156 g/mol. The molecule has 0 aromatic carbocycles. The van der Waals surface area contributed by atoms with Crippen LogP contribution in [-0.4, -0.2) is 30.8 Å². The van der Waals surface area contributed by atoms with Gasteiger partial charge in [-0.15, -0.1) is 12.4 Å². The minimum Gasteiger partial charge on any atom is -0.304 e. The predicted octanol–water partition coefficient (Wildman–Crippen LogP) is 1.51. The van der Waals surface area contributed by atoms with Gasteiger partial charge in [0.05, 0.1) is 0 Å². The molecule has 1 unspecified atom stereocenters. The molecule has 0 fully saturated rings.